The Kier molecular flexibility index (Phi) is 6.34. The molecule has 158 valence electrons. The molecule has 0 saturated carbocycles. The number of carbonyl (C=O) groups excluding carboxylic acids is 2. The first-order chi connectivity index (χ1) is 14.3. The lowest BCUT2D eigenvalue weighted by atomic mass is 10.0. The van der Waals surface area contributed by atoms with Gasteiger partial charge in [-0.1, -0.05) is 24.3 Å². The first-order valence-corrected chi connectivity index (χ1v) is 9.93. The molecule has 8 heteroatoms. The topological polar surface area (TPSA) is 95.8 Å². The average Bonchev–Trinajstić information content (AvgIpc) is 2.73. The minimum atomic E-state index is -0.464. The van der Waals surface area contributed by atoms with Crippen molar-refractivity contribution in [2.45, 2.75) is 26.8 Å². The van der Waals surface area contributed by atoms with Crippen LogP contribution in [0.15, 0.2) is 42.5 Å². The van der Waals surface area contributed by atoms with Crippen LogP contribution < -0.4 is 10.2 Å². The highest BCUT2D eigenvalue weighted by molar-refractivity contribution is 5.96. The van der Waals surface area contributed by atoms with Crippen LogP contribution in [0.4, 0.5) is 11.4 Å². The second kappa shape index (κ2) is 8.94. The molecule has 2 aromatic carbocycles. The van der Waals surface area contributed by atoms with Crippen LogP contribution in [-0.4, -0.2) is 47.8 Å². The maximum absolute atomic E-state index is 12.7. The Labute approximate surface area is 175 Å². The van der Waals surface area contributed by atoms with Gasteiger partial charge in [0.1, 0.15) is 5.69 Å². The Hall–Kier alpha value is -3.42. The molecule has 1 aliphatic heterocycles. The highest BCUT2D eigenvalue weighted by Gasteiger charge is 2.26. The van der Waals surface area contributed by atoms with Crippen LogP contribution in [0.2, 0.25) is 0 Å². The molecular weight excluding hydrogens is 384 g/mol. The third-order valence-corrected chi connectivity index (χ3v) is 5.50. The monoisotopic (exact) mass is 410 g/mol. The van der Waals surface area contributed by atoms with E-state index >= 15 is 0 Å². The summed E-state index contributed by atoms with van der Waals surface area (Å²) in [4.78, 5) is 39.1. The van der Waals surface area contributed by atoms with Crippen LogP contribution in [0.3, 0.4) is 0 Å². The lowest BCUT2D eigenvalue weighted by molar-refractivity contribution is -0.384. The molecule has 1 heterocycles. The highest BCUT2D eigenvalue weighted by atomic mass is 16.6. The van der Waals surface area contributed by atoms with E-state index < -0.39 is 4.92 Å². The Morgan fingerprint density at radius 3 is 2.37 bits per heavy atom. The van der Waals surface area contributed by atoms with Crippen LogP contribution in [0.1, 0.15) is 41.4 Å². The van der Waals surface area contributed by atoms with Crippen molar-refractivity contribution in [2.75, 3.05) is 31.1 Å². The minimum absolute atomic E-state index is 0.000980. The molecule has 0 bridgehead atoms. The standard InChI is InChI=1S/C22H26N4O4/c1-15-6-4-5-7-19(15)16(2)23-22(28)18-8-9-20(21(14-18)26(29)30)25-12-10-24(11-13-25)17(3)27/h4-9,14,16H,10-13H2,1-3H3,(H,23,28)/t16-/m1/s1. The predicted octanol–water partition coefficient (Wildman–Crippen LogP) is 3.06. The molecule has 8 nitrogen and oxygen atoms in total. The normalized spacial score (nSPS) is 14.9. The van der Waals surface area contributed by atoms with Crippen LogP contribution >= 0.6 is 0 Å². The van der Waals surface area contributed by atoms with E-state index in [0.29, 0.717) is 31.9 Å². The zero-order valence-corrected chi connectivity index (χ0v) is 17.4. The van der Waals surface area contributed by atoms with Crippen molar-refractivity contribution in [3.63, 3.8) is 0 Å². The van der Waals surface area contributed by atoms with Crippen molar-refractivity contribution in [1.29, 1.82) is 0 Å². The first kappa shape index (κ1) is 21.3. The molecule has 0 spiro atoms. The lowest BCUT2D eigenvalue weighted by Gasteiger charge is -2.35. The van der Waals surface area contributed by atoms with E-state index in [1.165, 1.54) is 13.0 Å². The molecule has 1 saturated heterocycles. The Morgan fingerprint density at radius 2 is 1.77 bits per heavy atom. The van der Waals surface area contributed by atoms with E-state index in [1.54, 1.807) is 17.0 Å². The number of nitro groups is 1. The fourth-order valence-electron chi connectivity index (χ4n) is 3.77. The van der Waals surface area contributed by atoms with Gasteiger partial charge in [-0.3, -0.25) is 19.7 Å². The molecule has 0 aromatic heterocycles. The summed E-state index contributed by atoms with van der Waals surface area (Å²) in [6.07, 6.45) is 0. The van der Waals surface area contributed by atoms with Crippen LogP contribution in [0.25, 0.3) is 0 Å². The van der Waals surface area contributed by atoms with Gasteiger partial charge < -0.3 is 15.1 Å². The number of nitrogens with zero attached hydrogens (tertiary/aromatic N) is 3. The first-order valence-electron chi connectivity index (χ1n) is 9.93. The van der Waals surface area contributed by atoms with Crippen molar-refractivity contribution >= 4 is 23.2 Å². The molecule has 0 unspecified atom stereocenters. The number of benzene rings is 2. The second-order valence-corrected chi connectivity index (χ2v) is 7.51. The molecule has 0 radical (unpaired) electrons. The maximum atomic E-state index is 12.7. The van der Waals surface area contributed by atoms with E-state index in [4.69, 9.17) is 0 Å². The summed E-state index contributed by atoms with van der Waals surface area (Å²) in [5.74, 6) is -0.360. The molecule has 1 fully saturated rings. The number of hydrogen-bond acceptors (Lipinski definition) is 5. The van der Waals surface area contributed by atoms with Gasteiger partial charge in [-0.15, -0.1) is 0 Å². The number of nitro benzene ring substituents is 1. The van der Waals surface area contributed by atoms with Gasteiger partial charge >= 0.3 is 0 Å². The van der Waals surface area contributed by atoms with Crippen molar-refractivity contribution < 1.29 is 14.5 Å². The van der Waals surface area contributed by atoms with Gasteiger partial charge in [-0.05, 0) is 37.1 Å². The van der Waals surface area contributed by atoms with Crippen LogP contribution in [0.5, 0.6) is 0 Å². The number of rotatable bonds is 5. The number of nitrogens with one attached hydrogen (secondary N) is 1. The summed E-state index contributed by atoms with van der Waals surface area (Å²) in [6, 6.07) is 12.1. The zero-order valence-electron chi connectivity index (χ0n) is 17.4. The Morgan fingerprint density at radius 1 is 1.10 bits per heavy atom. The number of aryl methyl sites for hydroxylation is 1. The van der Waals surface area contributed by atoms with Crippen molar-refractivity contribution in [2.24, 2.45) is 0 Å². The van der Waals surface area contributed by atoms with E-state index in [0.717, 1.165) is 11.1 Å². The molecule has 0 aliphatic carbocycles. The number of amides is 2. The molecule has 2 aromatic rings. The van der Waals surface area contributed by atoms with Gasteiger partial charge in [0.2, 0.25) is 5.91 Å². The van der Waals surface area contributed by atoms with E-state index in [-0.39, 0.29) is 29.1 Å². The fraction of sp³-hybridized carbons (Fsp3) is 0.364. The fourth-order valence-corrected chi connectivity index (χ4v) is 3.77. The summed E-state index contributed by atoms with van der Waals surface area (Å²) in [7, 11) is 0. The van der Waals surface area contributed by atoms with Crippen LogP contribution in [0, 0.1) is 17.0 Å². The van der Waals surface area contributed by atoms with Crippen LogP contribution in [-0.2, 0) is 4.79 Å². The quantitative estimate of drug-likeness (QED) is 0.604. The summed E-state index contributed by atoms with van der Waals surface area (Å²) in [5.41, 5.74) is 2.67. The van der Waals surface area contributed by atoms with Gasteiger partial charge in [-0.25, -0.2) is 0 Å². The summed E-state index contributed by atoms with van der Waals surface area (Å²) >= 11 is 0. The molecule has 1 aliphatic rings. The second-order valence-electron chi connectivity index (χ2n) is 7.51. The van der Waals surface area contributed by atoms with E-state index in [2.05, 4.69) is 5.32 Å². The van der Waals surface area contributed by atoms with E-state index in [1.807, 2.05) is 43.0 Å². The van der Waals surface area contributed by atoms with Crippen molar-refractivity contribution in [3.05, 3.63) is 69.3 Å². The van der Waals surface area contributed by atoms with Crippen molar-refractivity contribution in [1.82, 2.24) is 10.2 Å². The molecule has 30 heavy (non-hydrogen) atoms. The molecular formula is C22H26N4O4. The highest BCUT2D eigenvalue weighted by Crippen LogP contribution is 2.30. The Balaban J connectivity index is 1.78. The number of piperazine rings is 1. The SMILES string of the molecule is CC(=O)N1CCN(c2ccc(C(=O)N[C@H](C)c3ccccc3C)cc2[N+](=O)[O-])CC1. The van der Waals surface area contributed by atoms with Gasteiger partial charge in [-0.2, -0.15) is 0 Å². The smallest absolute Gasteiger partial charge is 0.293 e. The molecule has 1 atom stereocenters. The number of carbonyl (C=O) groups is 2. The van der Waals surface area contributed by atoms with Gasteiger partial charge in [0.25, 0.3) is 11.6 Å². The molecule has 2 amide bonds. The Bertz CT molecular complexity index is 967. The van der Waals surface area contributed by atoms with Crippen molar-refractivity contribution in [3.8, 4) is 0 Å². The third kappa shape index (κ3) is 4.59. The lowest BCUT2D eigenvalue weighted by Crippen LogP contribution is -2.48. The largest absolute Gasteiger partial charge is 0.362 e. The molecule has 3 rings (SSSR count). The number of anilines is 1. The van der Waals surface area contributed by atoms with Gasteiger partial charge in [0.15, 0.2) is 0 Å². The summed E-state index contributed by atoms with van der Waals surface area (Å²) in [5, 5.41) is 14.6. The zero-order chi connectivity index (χ0) is 21.8. The third-order valence-electron chi connectivity index (χ3n) is 5.50. The summed E-state index contributed by atoms with van der Waals surface area (Å²) < 4.78 is 0. The minimum Gasteiger partial charge on any atom is -0.362 e. The average molecular weight is 410 g/mol. The predicted molar refractivity (Wildman–Crippen MR) is 115 cm³/mol. The van der Waals surface area contributed by atoms with Gasteiger partial charge in [0.05, 0.1) is 11.0 Å². The van der Waals surface area contributed by atoms with E-state index in [9.17, 15) is 19.7 Å². The maximum Gasteiger partial charge on any atom is 0.293 e. The van der Waals surface area contributed by atoms with Gasteiger partial charge in [0, 0.05) is 44.7 Å². The summed E-state index contributed by atoms with van der Waals surface area (Å²) in [6.45, 7) is 7.43. The molecule has 1 N–H and O–H groups in total. The number of hydrogen-bond donors (Lipinski definition) is 1.